The molecule has 0 aromatic carbocycles. The van der Waals surface area contributed by atoms with Crippen LogP contribution in [0.25, 0.3) is 5.65 Å². The summed E-state index contributed by atoms with van der Waals surface area (Å²) in [6.07, 6.45) is 0. The van der Waals surface area contributed by atoms with Crippen LogP contribution in [0.3, 0.4) is 0 Å². The van der Waals surface area contributed by atoms with Crippen molar-refractivity contribution in [2.24, 2.45) is 0 Å². The monoisotopic (exact) mass is 340 g/mol. The van der Waals surface area contributed by atoms with Crippen LogP contribution in [0.4, 0.5) is 5.82 Å². The third-order valence-corrected chi connectivity index (χ3v) is 4.15. The largest absolute Gasteiger partial charge is 0.368 e. The zero-order valence-corrected chi connectivity index (χ0v) is 15.4. The molecule has 0 saturated heterocycles. The van der Waals surface area contributed by atoms with Crippen LogP contribution >= 0.6 is 0 Å². The van der Waals surface area contributed by atoms with Crippen molar-refractivity contribution in [3.63, 3.8) is 0 Å². The molecule has 0 atom stereocenters. The van der Waals surface area contributed by atoms with Crippen molar-refractivity contribution in [3.8, 4) is 0 Å². The Hall–Kier alpha value is -2.70. The first-order chi connectivity index (χ1) is 11.8. The summed E-state index contributed by atoms with van der Waals surface area (Å²) in [4.78, 5) is 20.7. The molecular formula is C18H24N6O. The minimum Gasteiger partial charge on any atom is -0.368 e. The highest BCUT2D eigenvalue weighted by atomic mass is 16.1. The van der Waals surface area contributed by atoms with Gasteiger partial charge in [-0.3, -0.25) is 4.57 Å². The zero-order chi connectivity index (χ0) is 18.1. The Morgan fingerprint density at radius 3 is 2.52 bits per heavy atom. The van der Waals surface area contributed by atoms with Crippen molar-refractivity contribution in [2.75, 3.05) is 11.9 Å². The summed E-state index contributed by atoms with van der Waals surface area (Å²) in [5.74, 6) is 1.21. The SMILES string of the molecule is Cc1cc(C)n(CCNc2cc(C(C)C)nc3cc(C)nn23)c(=O)n1. The molecule has 1 N–H and O–H groups in total. The number of hydrogen-bond acceptors (Lipinski definition) is 5. The van der Waals surface area contributed by atoms with Gasteiger partial charge in [-0.05, 0) is 32.8 Å². The Kier molecular flexibility index (Phi) is 4.57. The fourth-order valence-electron chi connectivity index (χ4n) is 2.87. The van der Waals surface area contributed by atoms with Gasteiger partial charge >= 0.3 is 5.69 Å². The Labute approximate surface area is 146 Å². The Morgan fingerprint density at radius 1 is 1.08 bits per heavy atom. The lowest BCUT2D eigenvalue weighted by molar-refractivity contribution is 0.645. The Morgan fingerprint density at radius 2 is 1.84 bits per heavy atom. The maximum absolute atomic E-state index is 12.1. The van der Waals surface area contributed by atoms with Crippen LogP contribution in [0, 0.1) is 20.8 Å². The van der Waals surface area contributed by atoms with Gasteiger partial charge in [-0.25, -0.2) is 9.78 Å². The van der Waals surface area contributed by atoms with Gasteiger partial charge in [0.2, 0.25) is 0 Å². The first-order valence-corrected chi connectivity index (χ1v) is 8.51. The second-order valence-electron chi connectivity index (χ2n) is 6.68. The number of aryl methyl sites for hydroxylation is 3. The summed E-state index contributed by atoms with van der Waals surface area (Å²) in [6.45, 7) is 11.1. The van der Waals surface area contributed by atoms with Crippen LogP contribution in [0.1, 0.15) is 42.5 Å². The second-order valence-corrected chi connectivity index (χ2v) is 6.68. The number of fused-ring (bicyclic) bond motifs is 1. The van der Waals surface area contributed by atoms with Gasteiger partial charge < -0.3 is 5.32 Å². The number of rotatable bonds is 5. The molecular weight excluding hydrogens is 316 g/mol. The predicted molar refractivity (Wildman–Crippen MR) is 98.3 cm³/mol. The number of anilines is 1. The molecule has 0 aliphatic rings. The molecule has 0 saturated carbocycles. The molecule has 3 heterocycles. The summed E-state index contributed by atoms with van der Waals surface area (Å²) in [6, 6.07) is 5.91. The van der Waals surface area contributed by atoms with Crippen LogP contribution < -0.4 is 11.0 Å². The third kappa shape index (κ3) is 3.55. The first-order valence-electron chi connectivity index (χ1n) is 8.51. The van der Waals surface area contributed by atoms with E-state index in [4.69, 9.17) is 0 Å². The van der Waals surface area contributed by atoms with Crippen molar-refractivity contribution >= 4 is 11.5 Å². The van der Waals surface area contributed by atoms with E-state index >= 15 is 0 Å². The highest BCUT2D eigenvalue weighted by Gasteiger charge is 2.10. The number of nitrogens with zero attached hydrogens (tertiary/aromatic N) is 5. The molecule has 3 rings (SSSR count). The minimum absolute atomic E-state index is 0.211. The van der Waals surface area contributed by atoms with E-state index in [9.17, 15) is 4.79 Å². The molecule has 0 amide bonds. The van der Waals surface area contributed by atoms with Crippen LogP contribution in [-0.2, 0) is 6.54 Å². The molecule has 132 valence electrons. The normalized spacial score (nSPS) is 11.4. The van der Waals surface area contributed by atoms with Gasteiger partial charge in [-0.15, -0.1) is 0 Å². The summed E-state index contributed by atoms with van der Waals surface area (Å²) in [5.41, 5.74) is 4.22. The number of nitrogens with one attached hydrogen (secondary N) is 1. The van der Waals surface area contributed by atoms with E-state index in [-0.39, 0.29) is 5.69 Å². The lowest BCUT2D eigenvalue weighted by atomic mass is 10.1. The van der Waals surface area contributed by atoms with Gasteiger partial charge in [0.15, 0.2) is 5.65 Å². The van der Waals surface area contributed by atoms with Crippen LogP contribution in [0.15, 0.2) is 23.0 Å². The smallest absolute Gasteiger partial charge is 0.348 e. The topological polar surface area (TPSA) is 77.1 Å². The van der Waals surface area contributed by atoms with Crippen LogP contribution in [-0.4, -0.2) is 30.7 Å². The summed E-state index contributed by atoms with van der Waals surface area (Å²) in [7, 11) is 0. The number of aromatic nitrogens is 5. The molecule has 3 aromatic rings. The van der Waals surface area contributed by atoms with Gasteiger partial charge in [-0.2, -0.15) is 14.6 Å². The van der Waals surface area contributed by atoms with E-state index in [0.29, 0.717) is 19.0 Å². The van der Waals surface area contributed by atoms with Gasteiger partial charge in [0.05, 0.1) is 5.69 Å². The number of hydrogen-bond donors (Lipinski definition) is 1. The Balaban J connectivity index is 1.85. The summed E-state index contributed by atoms with van der Waals surface area (Å²) < 4.78 is 3.49. The minimum atomic E-state index is -0.211. The molecule has 0 unspecified atom stereocenters. The van der Waals surface area contributed by atoms with E-state index < -0.39 is 0 Å². The van der Waals surface area contributed by atoms with Gasteiger partial charge in [0.25, 0.3) is 0 Å². The summed E-state index contributed by atoms with van der Waals surface area (Å²) in [5, 5.41) is 7.88. The fourth-order valence-corrected chi connectivity index (χ4v) is 2.87. The average Bonchev–Trinajstić information content (AvgIpc) is 2.89. The van der Waals surface area contributed by atoms with Crippen molar-refractivity contribution in [3.05, 3.63) is 51.5 Å². The Bertz CT molecular complexity index is 970. The molecule has 7 nitrogen and oxygen atoms in total. The third-order valence-electron chi connectivity index (χ3n) is 4.15. The molecule has 0 spiro atoms. The lowest BCUT2D eigenvalue weighted by Crippen LogP contribution is -2.28. The van der Waals surface area contributed by atoms with Crippen molar-refractivity contribution in [1.29, 1.82) is 0 Å². The van der Waals surface area contributed by atoms with Crippen LogP contribution in [0.2, 0.25) is 0 Å². The average molecular weight is 340 g/mol. The van der Waals surface area contributed by atoms with E-state index in [2.05, 4.69) is 34.2 Å². The van der Waals surface area contributed by atoms with E-state index in [1.165, 1.54) is 0 Å². The first kappa shape index (κ1) is 17.1. The maximum atomic E-state index is 12.1. The second kappa shape index (κ2) is 6.66. The molecule has 0 aliphatic heterocycles. The molecule has 7 heteroatoms. The van der Waals surface area contributed by atoms with E-state index in [0.717, 1.165) is 34.2 Å². The lowest BCUT2D eigenvalue weighted by Gasteiger charge is -2.14. The zero-order valence-electron chi connectivity index (χ0n) is 15.4. The quantitative estimate of drug-likeness (QED) is 0.772. The fraction of sp³-hybridized carbons (Fsp3) is 0.444. The van der Waals surface area contributed by atoms with Gasteiger partial charge in [0, 0.05) is 42.3 Å². The van der Waals surface area contributed by atoms with Gasteiger partial charge in [0.1, 0.15) is 5.82 Å². The summed E-state index contributed by atoms with van der Waals surface area (Å²) >= 11 is 0. The highest BCUT2D eigenvalue weighted by molar-refractivity contribution is 5.50. The van der Waals surface area contributed by atoms with E-state index in [1.54, 1.807) is 4.57 Å². The van der Waals surface area contributed by atoms with Crippen molar-refractivity contribution in [2.45, 2.75) is 47.1 Å². The maximum Gasteiger partial charge on any atom is 0.348 e. The van der Waals surface area contributed by atoms with E-state index in [1.807, 2.05) is 43.5 Å². The molecule has 3 aromatic heterocycles. The van der Waals surface area contributed by atoms with Crippen molar-refractivity contribution in [1.82, 2.24) is 24.1 Å². The molecule has 0 fully saturated rings. The molecule has 25 heavy (non-hydrogen) atoms. The standard InChI is InChI=1S/C18H24N6O/c1-11(2)15-10-16(24-17(21-15)9-13(4)22-24)19-6-7-23-14(5)8-12(3)20-18(23)25/h8-11,19H,6-7H2,1-5H3. The van der Waals surface area contributed by atoms with Gasteiger partial charge in [-0.1, -0.05) is 13.8 Å². The van der Waals surface area contributed by atoms with Crippen molar-refractivity contribution < 1.29 is 0 Å². The molecule has 0 radical (unpaired) electrons. The predicted octanol–water partition coefficient (Wildman–Crippen LogP) is 2.45. The molecule has 0 aliphatic carbocycles. The van der Waals surface area contributed by atoms with Crippen LogP contribution in [0.5, 0.6) is 0 Å². The molecule has 0 bridgehead atoms. The highest BCUT2D eigenvalue weighted by Crippen LogP contribution is 2.19.